The van der Waals surface area contributed by atoms with Gasteiger partial charge in [-0.05, 0) is 19.1 Å². The second-order valence-corrected chi connectivity index (χ2v) is 5.96. The Kier molecular flexibility index (Phi) is 4.61. The Morgan fingerprint density at radius 2 is 2.08 bits per heavy atom. The van der Waals surface area contributed by atoms with E-state index >= 15 is 0 Å². The van der Waals surface area contributed by atoms with Crippen molar-refractivity contribution in [1.82, 2.24) is 10.3 Å². The highest BCUT2D eigenvalue weighted by Gasteiger charge is 2.20. The molecule has 1 aromatic carbocycles. The molecule has 0 spiro atoms. The molecule has 0 saturated heterocycles. The molecule has 3 aromatic rings. The molecule has 0 aliphatic rings. The van der Waals surface area contributed by atoms with Crippen molar-refractivity contribution in [3.8, 4) is 5.75 Å². The van der Waals surface area contributed by atoms with E-state index in [0.29, 0.717) is 23.6 Å². The number of furan rings is 1. The largest absolute Gasteiger partial charge is 0.493 e. The van der Waals surface area contributed by atoms with Gasteiger partial charge in [-0.1, -0.05) is 18.2 Å². The number of nitrogens with one attached hydrogen (secondary N) is 1. The molecule has 0 atom stereocenters. The molecule has 0 radical (unpaired) electrons. The summed E-state index contributed by atoms with van der Waals surface area (Å²) in [6.07, 6.45) is 1.73. The van der Waals surface area contributed by atoms with Crippen LogP contribution in [0.5, 0.6) is 5.75 Å². The molecule has 0 fully saturated rings. The van der Waals surface area contributed by atoms with Gasteiger partial charge in [0.25, 0.3) is 5.91 Å². The van der Waals surface area contributed by atoms with Gasteiger partial charge in [-0.2, -0.15) is 0 Å². The van der Waals surface area contributed by atoms with Crippen LogP contribution in [0.4, 0.5) is 5.82 Å². The number of anilines is 1. The normalized spacial score (nSPS) is 10.7. The van der Waals surface area contributed by atoms with Crippen molar-refractivity contribution in [2.45, 2.75) is 13.5 Å². The standard InChI is InChI=1S/C19H21N3O3/c1-12-14-8-5-9-15(24-4)17(14)25-16(12)19(23)21-11-13-7-6-10-20-18(13)22(2)3/h5-10H,11H2,1-4H3,(H,21,23). The highest BCUT2D eigenvalue weighted by atomic mass is 16.5. The topological polar surface area (TPSA) is 67.6 Å². The SMILES string of the molecule is COc1cccc2c(C)c(C(=O)NCc3cccnc3N(C)C)oc12. The minimum Gasteiger partial charge on any atom is -0.493 e. The number of fused-ring (bicyclic) bond motifs is 1. The monoisotopic (exact) mass is 339 g/mol. The average Bonchev–Trinajstić information content (AvgIpc) is 2.97. The maximum absolute atomic E-state index is 12.6. The summed E-state index contributed by atoms with van der Waals surface area (Å²) in [5.74, 6) is 1.48. The lowest BCUT2D eigenvalue weighted by molar-refractivity contribution is 0.0924. The van der Waals surface area contributed by atoms with Gasteiger partial charge in [0.1, 0.15) is 5.82 Å². The Bertz CT molecular complexity index is 915. The fourth-order valence-corrected chi connectivity index (χ4v) is 2.82. The molecule has 0 unspecified atom stereocenters. The van der Waals surface area contributed by atoms with Crippen LogP contribution < -0.4 is 15.0 Å². The fraction of sp³-hybridized carbons (Fsp3) is 0.263. The van der Waals surface area contributed by atoms with E-state index in [-0.39, 0.29) is 5.91 Å². The number of rotatable bonds is 5. The maximum atomic E-state index is 12.6. The smallest absolute Gasteiger partial charge is 0.287 e. The molecular formula is C19H21N3O3. The van der Waals surface area contributed by atoms with Crippen molar-refractivity contribution in [2.24, 2.45) is 0 Å². The van der Waals surface area contributed by atoms with Gasteiger partial charge in [-0.15, -0.1) is 0 Å². The van der Waals surface area contributed by atoms with Gasteiger partial charge >= 0.3 is 0 Å². The Balaban J connectivity index is 1.85. The number of methoxy groups -OCH3 is 1. The molecule has 3 rings (SSSR count). The zero-order valence-electron chi connectivity index (χ0n) is 14.8. The van der Waals surface area contributed by atoms with E-state index in [0.717, 1.165) is 22.3 Å². The van der Waals surface area contributed by atoms with Gasteiger partial charge in [-0.3, -0.25) is 4.79 Å². The summed E-state index contributed by atoms with van der Waals surface area (Å²) in [5, 5.41) is 3.78. The number of amides is 1. The summed E-state index contributed by atoms with van der Waals surface area (Å²) in [6, 6.07) is 9.40. The lowest BCUT2D eigenvalue weighted by Gasteiger charge is -2.15. The number of nitrogens with zero attached hydrogens (tertiary/aromatic N) is 2. The summed E-state index contributed by atoms with van der Waals surface area (Å²) in [7, 11) is 5.42. The summed E-state index contributed by atoms with van der Waals surface area (Å²) < 4.78 is 11.1. The first kappa shape index (κ1) is 16.8. The lowest BCUT2D eigenvalue weighted by atomic mass is 10.1. The van der Waals surface area contributed by atoms with Gasteiger partial charge < -0.3 is 19.4 Å². The Morgan fingerprint density at radius 1 is 1.28 bits per heavy atom. The third-order valence-corrected chi connectivity index (χ3v) is 4.08. The molecule has 130 valence electrons. The van der Waals surface area contributed by atoms with Gasteiger partial charge in [-0.25, -0.2) is 4.98 Å². The lowest BCUT2D eigenvalue weighted by Crippen LogP contribution is -2.24. The first-order valence-electron chi connectivity index (χ1n) is 7.98. The molecule has 0 bridgehead atoms. The van der Waals surface area contributed by atoms with E-state index in [9.17, 15) is 4.79 Å². The number of pyridine rings is 1. The van der Waals surface area contributed by atoms with Crippen LogP contribution in [0.25, 0.3) is 11.0 Å². The van der Waals surface area contributed by atoms with Crippen molar-refractivity contribution in [2.75, 3.05) is 26.1 Å². The molecular weight excluding hydrogens is 318 g/mol. The number of aryl methyl sites for hydroxylation is 1. The number of hydrogen-bond acceptors (Lipinski definition) is 5. The highest BCUT2D eigenvalue weighted by Crippen LogP contribution is 2.32. The van der Waals surface area contributed by atoms with Crippen LogP contribution in [0.15, 0.2) is 40.9 Å². The Hall–Kier alpha value is -3.02. The second kappa shape index (κ2) is 6.84. The number of aromatic nitrogens is 1. The zero-order chi connectivity index (χ0) is 18.0. The number of hydrogen-bond donors (Lipinski definition) is 1. The van der Waals surface area contributed by atoms with E-state index in [2.05, 4.69) is 10.3 Å². The minimum atomic E-state index is -0.260. The maximum Gasteiger partial charge on any atom is 0.287 e. The minimum absolute atomic E-state index is 0.260. The number of benzene rings is 1. The van der Waals surface area contributed by atoms with Crippen LogP contribution in [0.2, 0.25) is 0 Å². The molecule has 1 amide bonds. The van der Waals surface area contributed by atoms with Gasteiger partial charge in [0.15, 0.2) is 17.1 Å². The third-order valence-electron chi connectivity index (χ3n) is 4.08. The molecule has 6 heteroatoms. The molecule has 0 saturated carbocycles. The first-order valence-corrected chi connectivity index (χ1v) is 7.98. The van der Waals surface area contributed by atoms with Crippen molar-refractivity contribution >= 4 is 22.7 Å². The molecule has 6 nitrogen and oxygen atoms in total. The molecule has 0 aliphatic heterocycles. The first-order chi connectivity index (χ1) is 12.0. The number of carbonyl (C=O) groups excluding carboxylic acids is 1. The van der Waals surface area contributed by atoms with Crippen LogP contribution >= 0.6 is 0 Å². The van der Waals surface area contributed by atoms with E-state index in [1.54, 1.807) is 13.3 Å². The van der Waals surface area contributed by atoms with E-state index in [4.69, 9.17) is 9.15 Å². The summed E-state index contributed by atoms with van der Waals surface area (Å²) in [6.45, 7) is 2.24. The van der Waals surface area contributed by atoms with Gasteiger partial charge in [0.05, 0.1) is 7.11 Å². The van der Waals surface area contributed by atoms with Crippen LogP contribution in [-0.4, -0.2) is 32.1 Å². The molecule has 2 aromatic heterocycles. The van der Waals surface area contributed by atoms with E-state index in [1.807, 2.05) is 56.3 Å². The average molecular weight is 339 g/mol. The van der Waals surface area contributed by atoms with Crippen LogP contribution in [0, 0.1) is 6.92 Å². The quantitative estimate of drug-likeness (QED) is 0.773. The number of para-hydroxylation sites is 1. The number of ether oxygens (including phenoxy) is 1. The third kappa shape index (κ3) is 3.15. The Labute approximate surface area is 146 Å². The summed E-state index contributed by atoms with van der Waals surface area (Å²) in [4.78, 5) is 18.9. The predicted molar refractivity (Wildman–Crippen MR) is 97.2 cm³/mol. The fourth-order valence-electron chi connectivity index (χ4n) is 2.82. The van der Waals surface area contributed by atoms with Crippen molar-refractivity contribution in [1.29, 1.82) is 0 Å². The molecule has 0 aliphatic carbocycles. The van der Waals surface area contributed by atoms with E-state index < -0.39 is 0 Å². The predicted octanol–water partition coefficient (Wildman–Crippen LogP) is 3.14. The summed E-state index contributed by atoms with van der Waals surface area (Å²) >= 11 is 0. The van der Waals surface area contributed by atoms with Crippen molar-refractivity contribution in [3.05, 3.63) is 53.4 Å². The zero-order valence-corrected chi connectivity index (χ0v) is 14.8. The van der Waals surface area contributed by atoms with Crippen LogP contribution in [0.3, 0.4) is 0 Å². The van der Waals surface area contributed by atoms with Gasteiger partial charge in [0.2, 0.25) is 0 Å². The number of carbonyl (C=O) groups is 1. The van der Waals surface area contributed by atoms with Gasteiger partial charge in [0, 0.05) is 43.4 Å². The molecule has 25 heavy (non-hydrogen) atoms. The second-order valence-electron chi connectivity index (χ2n) is 5.96. The Morgan fingerprint density at radius 3 is 2.80 bits per heavy atom. The highest BCUT2D eigenvalue weighted by molar-refractivity contribution is 6.00. The van der Waals surface area contributed by atoms with Crippen LogP contribution in [0.1, 0.15) is 21.7 Å². The van der Waals surface area contributed by atoms with Crippen molar-refractivity contribution in [3.63, 3.8) is 0 Å². The molecule has 2 heterocycles. The van der Waals surface area contributed by atoms with Crippen LogP contribution in [-0.2, 0) is 6.54 Å². The molecule has 1 N–H and O–H groups in total. The van der Waals surface area contributed by atoms with Crippen molar-refractivity contribution < 1.29 is 13.9 Å². The summed E-state index contributed by atoms with van der Waals surface area (Å²) in [5.41, 5.74) is 2.32. The van der Waals surface area contributed by atoms with E-state index in [1.165, 1.54) is 0 Å².